The van der Waals surface area contributed by atoms with Gasteiger partial charge >= 0.3 is 0 Å². The number of nitrogens with two attached hydrogens (primary N) is 1. The molecule has 2 N–H and O–H groups in total. The number of benzene rings is 1. The third kappa shape index (κ3) is 3.20. The first kappa shape index (κ1) is 16.6. The van der Waals surface area contributed by atoms with Crippen LogP contribution in [0.3, 0.4) is 0 Å². The average molecular weight is 359 g/mol. The Bertz CT molecular complexity index is 1090. The van der Waals surface area contributed by atoms with Gasteiger partial charge in [-0.2, -0.15) is 0 Å². The topological polar surface area (TPSA) is 102 Å². The van der Waals surface area contributed by atoms with Crippen LogP contribution >= 0.6 is 0 Å². The lowest BCUT2D eigenvalue weighted by molar-refractivity contribution is 0.0788. The Morgan fingerprint density at radius 2 is 2.00 bits per heavy atom. The first-order chi connectivity index (χ1) is 13.1. The number of rotatable bonds is 4. The van der Waals surface area contributed by atoms with Crippen LogP contribution in [0.25, 0.3) is 16.9 Å². The highest BCUT2D eigenvalue weighted by Gasteiger charge is 2.23. The minimum Gasteiger partial charge on any atom is -0.381 e. The van der Waals surface area contributed by atoms with Crippen LogP contribution in [0.5, 0.6) is 0 Å². The van der Waals surface area contributed by atoms with Gasteiger partial charge in [0, 0.05) is 37.7 Å². The minimum atomic E-state index is -0.228. The molecule has 3 aromatic heterocycles. The van der Waals surface area contributed by atoms with Crippen LogP contribution in [-0.2, 0) is 6.54 Å². The number of carbonyl (C=O) groups is 1. The molecule has 0 atom stereocenters. The van der Waals surface area contributed by atoms with Gasteiger partial charge < -0.3 is 10.6 Å². The zero-order valence-electron chi connectivity index (χ0n) is 14.6. The summed E-state index contributed by atoms with van der Waals surface area (Å²) in [5, 5.41) is 4.25. The first-order valence-corrected chi connectivity index (χ1v) is 8.33. The van der Waals surface area contributed by atoms with E-state index in [2.05, 4.69) is 20.1 Å². The fourth-order valence-corrected chi connectivity index (χ4v) is 2.87. The Morgan fingerprint density at radius 1 is 1.19 bits per heavy atom. The molecular weight excluding hydrogens is 342 g/mol. The fourth-order valence-electron chi connectivity index (χ4n) is 2.87. The van der Waals surface area contributed by atoms with Crippen molar-refractivity contribution in [1.29, 1.82) is 0 Å². The Hall–Kier alpha value is -3.81. The molecule has 0 aliphatic rings. The number of aromatic nitrogens is 5. The molecule has 0 saturated carbocycles. The van der Waals surface area contributed by atoms with Gasteiger partial charge in [0.2, 0.25) is 0 Å². The van der Waals surface area contributed by atoms with Crippen molar-refractivity contribution in [2.45, 2.75) is 6.54 Å². The molecule has 27 heavy (non-hydrogen) atoms. The summed E-state index contributed by atoms with van der Waals surface area (Å²) in [5.41, 5.74) is 9.23. The molecule has 134 valence electrons. The molecule has 8 nitrogen and oxygen atoms in total. The summed E-state index contributed by atoms with van der Waals surface area (Å²) < 4.78 is 1.51. The minimum absolute atomic E-state index is 0.146. The lowest BCUT2D eigenvalue weighted by Gasteiger charge is -2.16. The molecule has 1 amide bonds. The van der Waals surface area contributed by atoms with Crippen LogP contribution in [-0.4, -0.2) is 42.4 Å². The van der Waals surface area contributed by atoms with Gasteiger partial charge in [-0.25, -0.2) is 19.5 Å². The maximum Gasteiger partial charge on any atom is 0.261 e. The number of anilines is 1. The monoisotopic (exact) mass is 359 g/mol. The van der Waals surface area contributed by atoms with Gasteiger partial charge in [0.1, 0.15) is 11.9 Å². The van der Waals surface area contributed by atoms with Gasteiger partial charge in [-0.3, -0.25) is 4.79 Å². The lowest BCUT2D eigenvalue weighted by atomic mass is 10.2. The Kier molecular flexibility index (Phi) is 4.21. The summed E-state index contributed by atoms with van der Waals surface area (Å²) in [6.07, 6.45) is 6.50. The van der Waals surface area contributed by atoms with Gasteiger partial charge in [-0.1, -0.05) is 30.3 Å². The number of carbonyl (C=O) groups excluding carboxylic acids is 1. The van der Waals surface area contributed by atoms with Crippen LogP contribution in [0.2, 0.25) is 0 Å². The number of hydrogen-bond donors (Lipinski definition) is 1. The standard InChI is InChI=1S/C19H17N7O/c1-25(10-13-5-3-2-4-6-13)19(27)16-17(20)24-26-11-14(9-22-18(16)26)15-7-8-21-12-23-15/h2-9,11-12H,10H2,1H3,(H2,20,24). The second-order valence-electron chi connectivity index (χ2n) is 6.11. The summed E-state index contributed by atoms with van der Waals surface area (Å²) >= 11 is 0. The van der Waals surface area contributed by atoms with Crippen molar-refractivity contribution in [3.05, 3.63) is 72.4 Å². The summed E-state index contributed by atoms with van der Waals surface area (Å²) in [5.74, 6) is -0.0825. The zero-order valence-corrected chi connectivity index (χ0v) is 14.6. The molecule has 0 saturated heterocycles. The van der Waals surface area contributed by atoms with Crippen molar-refractivity contribution in [1.82, 2.24) is 29.5 Å². The third-order valence-corrected chi connectivity index (χ3v) is 4.20. The molecule has 0 bridgehead atoms. The highest BCUT2D eigenvalue weighted by Crippen LogP contribution is 2.22. The van der Waals surface area contributed by atoms with Gasteiger partial charge in [0.05, 0.1) is 5.69 Å². The van der Waals surface area contributed by atoms with Gasteiger partial charge in [-0.15, -0.1) is 5.10 Å². The molecule has 0 fully saturated rings. The van der Waals surface area contributed by atoms with Crippen molar-refractivity contribution in [3.8, 4) is 11.3 Å². The summed E-state index contributed by atoms with van der Waals surface area (Å²) in [6.45, 7) is 0.468. The smallest absolute Gasteiger partial charge is 0.261 e. The van der Waals surface area contributed by atoms with E-state index in [1.54, 1.807) is 36.6 Å². The highest BCUT2D eigenvalue weighted by atomic mass is 16.2. The van der Waals surface area contributed by atoms with E-state index >= 15 is 0 Å². The van der Waals surface area contributed by atoms with E-state index in [4.69, 9.17) is 5.73 Å². The second-order valence-corrected chi connectivity index (χ2v) is 6.11. The maximum absolute atomic E-state index is 12.9. The van der Waals surface area contributed by atoms with Crippen LogP contribution < -0.4 is 5.73 Å². The van der Waals surface area contributed by atoms with Crippen molar-refractivity contribution in [2.75, 3.05) is 12.8 Å². The molecule has 0 spiro atoms. The number of amides is 1. The highest BCUT2D eigenvalue weighted by molar-refractivity contribution is 6.04. The molecule has 0 aliphatic heterocycles. The summed E-state index contributed by atoms with van der Waals surface area (Å²) in [6, 6.07) is 11.5. The Morgan fingerprint density at radius 3 is 2.74 bits per heavy atom. The first-order valence-electron chi connectivity index (χ1n) is 8.33. The van der Waals surface area contributed by atoms with E-state index in [9.17, 15) is 4.79 Å². The maximum atomic E-state index is 12.9. The van der Waals surface area contributed by atoms with E-state index in [1.165, 1.54) is 10.8 Å². The van der Waals surface area contributed by atoms with Gasteiger partial charge in [0.15, 0.2) is 11.5 Å². The van der Waals surface area contributed by atoms with E-state index in [-0.39, 0.29) is 11.7 Å². The van der Waals surface area contributed by atoms with Crippen molar-refractivity contribution >= 4 is 17.4 Å². The van der Waals surface area contributed by atoms with Gasteiger partial charge in [0.25, 0.3) is 5.91 Å². The lowest BCUT2D eigenvalue weighted by Crippen LogP contribution is -2.26. The van der Waals surface area contributed by atoms with Crippen molar-refractivity contribution in [3.63, 3.8) is 0 Å². The number of hydrogen-bond acceptors (Lipinski definition) is 6. The number of nitrogen functional groups attached to an aromatic ring is 1. The SMILES string of the molecule is CN(Cc1ccccc1)C(=O)c1c(N)nn2cc(-c3ccncn3)cnc12. The van der Waals surface area contributed by atoms with Gasteiger partial charge in [-0.05, 0) is 11.6 Å². The van der Waals surface area contributed by atoms with Crippen LogP contribution in [0.4, 0.5) is 5.82 Å². The molecular formula is C19H17N7O. The average Bonchev–Trinajstić information content (AvgIpc) is 3.03. The molecule has 4 aromatic rings. The second kappa shape index (κ2) is 6.83. The quantitative estimate of drug-likeness (QED) is 0.598. The normalized spacial score (nSPS) is 10.9. The largest absolute Gasteiger partial charge is 0.381 e. The van der Waals surface area contributed by atoms with Crippen molar-refractivity contribution < 1.29 is 4.79 Å². The number of nitrogens with zero attached hydrogens (tertiary/aromatic N) is 6. The molecule has 0 aliphatic carbocycles. The molecule has 4 rings (SSSR count). The van der Waals surface area contributed by atoms with Crippen LogP contribution in [0, 0.1) is 0 Å². The third-order valence-electron chi connectivity index (χ3n) is 4.20. The molecule has 8 heteroatoms. The predicted octanol–water partition coefficient (Wildman–Crippen LogP) is 2.04. The summed E-state index contributed by atoms with van der Waals surface area (Å²) in [7, 11) is 1.73. The zero-order chi connectivity index (χ0) is 18.8. The Balaban J connectivity index is 1.67. The van der Waals surface area contributed by atoms with E-state index in [1.807, 2.05) is 30.3 Å². The predicted molar refractivity (Wildman–Crippen MR) is 101 cm³/mol. The molecule has 3 heterocycles. The van der Waals surface area contributed by atoms with E-state index in [0.29, 0.717) is 23.4 Å². The van der Waals surface area contributed by atoms with E-state index < -0.39 is 0 Å². The van der Waals surface area contributed by atoms with Crippen LogP contribution in [0.15, 0.2) is 61.3 Å². The molecule has 1 aromatic carbocycles. The molecule has 0 unspecified atom stereocenters. The summed E-state index contributed by atoms with van der Waals surface area (Å²) in [4.78, 5) is 27.0. The fraction of sp³-hybridized carbons (Fsp3) is 0.105. The van der Waals surface area contributed by atoms with E-state index in [0.717, 1.165) is 11.1 Å². The molecule has 0 radical (unpaired) electrons. The van der Waals surface area contributed by atoms with Crippen LogP contribution in [0.1, 0.15) is 15.9 Å². The number of fused-ring (bicyclic) bond motifs is 1. The van der Waals surface area contributed by atoms with Crippen molar-refractivity contribution in [2.24, 2.45) is 0 Å². The Labute approximate surface area is 155 Å².